The first-order valence-electron chi connectivity index (χ1n) is 5.30. The van der Waals surface area contributed by atoms with Crippen molar-refractivity contribution in [2.75, 3.05) is 6.54 Å². The lowest BCUT2D eigenvalue weighted by Crippen LogP contribution is -2.30. The number of halogens is 4. The number of carbonyl (C=O) groups is 1. The molecule has 1 aromatic heterocycles. The third kappa shape index (κ3) is 4.29. The Morgan fingerprint density at radius 3 is 2.61 bits per heavy atom. The Labute approximate surface area is 111 Å². The number of rotatable bonds is 4. The van der Waals surface area contributed by atoms with Crippen LogP contribution in [0.3, 0.4) is 0 Å². The van der Waals surface area contributed by atoms with Crippen molar-refractivity contribution in [1.29, 1.82) is 0 Å². The van der Waals surface area contributed by atoms with Gasteiger partial charge >= 0.3 is 6.18 Å². The van der Waals surface area contributed by atoms with Gasteiger partial charge in [-0.1, -0.05) is 22.9 Å². The molecule has 1 amide bonds. The molecule has 0 bridgehead atoms. The van der Waals surface area contributed by atoms with Gasteiger partial charge in [0.15, 0.2) is 0 Å². The normalized spacial score (nSPS) is 13.2. The highest BCUT2D eigenvalue weighted by atomic mass is 79.9. The number of amides is 1. The van der Waals surface area contributed by atoms with E-state index in [0.29, 0.717) is 12.7 Å². The predicted molar refractivity (Wildman–Crippen MR) is 64.6 cm³/mol. The average Bonchev–Trinajstić information content (AvgIpc) is 2.34. The molecule has 1 heterocycles. The van der Waals surface area contributed by atoms with Crippen LogP contribution in [-0.2, 0) is 6.18 Å². The predicted octanol–water partition coefficient (Wildman–Crippen LogP) is 3.00. The van der Waals surface area contributed by atoms with E-state index in [1.165, 1.54) is 0 Å². The van der Waals surface area contributed by atoms with Crippen LogP contribution in [0.1, 0.15) is 29.4 Å². The van der Waals surface area contributed by atoms with Crippen LogP contribution in [0.2, 0.25) is 0 Å². The molecule has 0 saturated heterocycles. The number of carbonyl (C=O) groups excluding carboxylic acids is 1. The van der Waals surface area contributed by atoms with Gasteiger partial charge in [0.05, 0.1) is 5.56 Å². The van der Waals surface area contributed by atoms with Gasteiger partial charge in [-0.2, -0.15) is 13.2 Å². The summed E-state index contributed by atoms with van der Waals surface area (Å²) in [7, 11) is 0. The molecule has 1 atom stereocenters. The zero-order valence-corrected chi connectivity index (χ0v) is 11.2. The van der Waals surface area contributed by atoms with E-state index in [2.05, 4.69) is 26.2 Å². The summed E-state index contributed by atoms with van der Waals surface area (Å²) in [6, 6.07) is 1.90. The Bertz CT molecular complexity index is 406. The van der Waals surface area contributed by atoms with Crippen molar-refractivity contribution in [2.24, 2.45) is 0 Å². The summed E-state index contributed by atoms with van der Waals surface area (Å²) in [5.41, 5.74) is -0.898. The summed E-state index contributed by atoms with van der Waals surface area (Å²) < 4.78 is 36.8. The molecule has 100 valence electrons. The van der Waals surface area contributed by atoms with Gasteiger partial charge in [-0.05, 0) is 18.6 Å². The first kappa shape index (κ1) is 14.9. The van der Waals surface area contributed by atoms with Crippen LogP contribution in [0.5, 0.6) is 0 Å². The van der Waals surface area contributed by atoms with Gasteiger partial charge in [0.1, 0.15) is 5.69 Å². The quantitative estimate of drug-likeness (QED) is 0.865. The second-order valence-corrected chi connectivity index (χ2v) is 4.94. The fraction of sp³-hybridized carbons (Fsp3) is 0.455. The molecule has 0 aliphatic carbocycles. The number of nitrogens with one attached hydrogen (secondary N) is 1. The average molecular weight is 325 g/mol. The maximum absolute atomic E-state index is 12.3. The fourth-order valence-electron chi connectivity index (χ4n) is 1.13. The van der Waals surface area contributed by atoms with Crippen LogP contribution in [0, 0.1) is 0 Å². The Balaban J connectivity index is 2.65. The van der Waals surface area contributed by atoms with Crippen LogP contribution in [-0.4, -0.2) is 22.3 Å². The highest BCUT2D eigenvalue weighted by molar-refractivity contribution is 9.09. The summed E-state index contributed by atoms with van der Waals surface area (Å²) in [5, 5.41) is 2.58. The molecule has 0 radical (unpaired) electrons. The van der Waals surface area contributed by atoms with Crippen molar-refractivity contribution in [2.45, 2.75) is 24.3 Å². The molecule has 0 aliphatic heterocycles. The van der Waals surface area contributed by atoms with Crippen molar-refractivity contribution >= 4 is 21.8 Å². The Morgan fingerprint density at radius 1 is 1.50 bits per heavy atom. The minimum Gasteiger partial charge on any atom is -0.350 e. The first-order chi connectivity index (χ1) is 8.34. The zero-order chi connectivity index (χ0) is 13.8. The van der Waals surface area contributed by atoms with Gasteiger partial charge in [0.25, 0.3) is 5.91 Å². The lowest BCUT2D eigenvalue weighted by atomic mass is 10.2. The summed E-state index contributed by atoms with van der Waals surface area (Å²) in [6.07, 6.45) is -2.95. The number of hydrogen-bond acceptors (Lipinski definition) is 2. The molecule has 0 aromatic carbocycles. The molecule has 18 heavy (non-hydrogen) atoms. The maximum Gasteiger partial charge on any atom is 0.417 e. The standard InChI is InChI=1S/C11H12BrF3N2O/c1-2-8(12)6-17-10(18)9-4-3-7(5-16-9)11(13,14)15/h3-5,8H,2,6H2,1H3,(H,17,18). The third-order valence-corrected chi connectivity index (χ3v) is 3.22. The van der Waals surface area contributed by atoms with E-state index in [-0.39, 0.29) is 10.5 Å². The Kier molecular flexibility index (Phi) is 5.13. The lowest BCUT2D eigenvalue weighted by Gasteiger charge is -2.09. The highest BCUT2D eigenvalue weighted by Crippen LogP contribution is 2.28. The van der Waals surface area contributed by atoms with Gasteiger partial charge in [0, 0.05) is 17.6 Å². The molecule has 3 nitrogen and oxygen atoms in total. The summed E-state index contributed by atoms with van der Waals surface area (Å²) in [4.78, 5) is 15.2. The number of aromatic nitrogens is 1. The summed E-state index contributed by atoms with van der Waals surface area (Å²) in [5.74, 6) is -0.485. The second-order valence-electron chi connectivity index (χ2n) is 3.65. The Hall–Kier alpha value is -1.11. The topological polar surface area (TPSA) is 42.0 Å². The molecule has 7 heteroatoms. The SMILES string of the molecule is CCC(Br)CNC(=O)c1ccc(C(F)(F)F)cn1. The van der Waals surface area contributed by atoms with E-state index in [4.69, 9.17) is 0 Å². The first-order valence-corrected chi connectivity index (χ1v) is 6.21. The molecular formula is C11H12BrF3N2O. The number of nitrogens with zero attached hydrogens (tertiary/aromatic N) is 1. The van der Waals surface area contributed by atoms with E-state index < -0.39 is 17.6 Å². The number of pyridine rings is 1. The van der Waals surface area contributed by atoms with Gasteiger partial charge in [0.2, 0.25) is 0 Å². The molecule has 0 aliphatic rings. The fourth-order valence-corrected chi connectivity index (χ4v) is 1.30. The Morgan fingerprint density at radius 2 is 2.17 bits per heavy atom. The van der Waals surface area contributed by atoms with Crippen molar-refractivity contribution in [3.63, 3.8) is 0 Å². The van der Waals surface area contributed by atoms with E-state index >= 15 is 0 Å². The van der Waals surface area contributed by atoms with Gasteiger partial charge in [-0.3, -0.25) is 9.78 Å². The van der Waals surface area contributed by atoms with E-state index in [9.17, 15) is 18.0 Å². The molecular weight excluding hydrogens is 313 g/mol. The van der Waals surface area contributed by atoms with Gasteiger partial charge in [-0.25, -0.2) is 0 Å². The van der Waals surface area contributed by atoms with E-state index in [1.54, 1.807) is 0 Å². The van der Waals surface area contributed by atoms with Crippen LogP contribution in [0.25, 0.3) is 0 Å². The maximum atomic E-state index is 12.3. The van der Waals surface area contributed by atoms with E-state index in [1.807, 2.05) is 6.92 Å². The third-order valence-electron chi connectivity index (χ3n) is 2.25. The minimum atomic E-state index is -4.44. The van der Waals surface area contributed by atoms with Crippen LogP contribution in [0.4, 0.5) is 13.2 Å². The molecule has 0 spiro atoms. The molecule has 1 N–H and O–H groups in total. The molecule has 1 rings (SSSR count). The van der Waals surface area contributed by atoms with Gasteiger partial charge < -0.3 is 5.32 Å². The molecule has 1 unspecified atom stereocenters. The smallest absolute Gasteiger partial charge is 0.350 e. The number of alkyl halides is 4. The van der Waals surface area contributed by atoms with Crippen molar-refractivity contribution in [3.05, 3.63) is 29.6 Å². The number of hydrogen-bond donors (Lipinski definition) is 1. The summed E-state index contributed by atoms with van der Waals surface area (Å²) >= 11 is 3.33. The summed E-state index contributed by atoms with van der Waals surface area (Å²) in [6.45, 7) is 2.35. The highest BCUT2D eigenvalue weighted by Gasteiger charge is 2.30. The molecule has 0 fully saturated rings. The van der Waals surface area contributed by atoms with Crippen molar-refractivity contribution < 1.29 is 18.0 Å². The van der Waals surface area contributed by atoms with Crippen molar-refractivity contribution in [3.8, 4) is 0 Å². The molecule has 1 aromatic rings. The van der Waals surface area contributed by atoms with Crippen LogP contribution in [0.15, 0.2) is 18.3 Å². The minimum absolute atomic E-state index is 0.0289. The monoisotopic (exact) mass is 324 g/mol. The second kappa shape index (κ2) is 6.17. The zero-order valence-electron chi connectivity index (χ0n) is 9.59. The molecule has 0 saturated carbocycles. The van der Waals surface area contributed by atoms with Crippen LogP contribution >= 0.6 is 15.9 Å². The lowest BCUT2D eigenvalue weighted by molar-refractivity contribution is -0.137. The van der Waals surface area contributed by atoms with Crippen molar-refractivity contribution in [1.82, 2.24) is 10.3 Å². The van der Waals surface area contributed by atoms with Crippen LogP contribution < -0.4 is 5.32 Å². The van der Waals surface area contributed by atoms with E-state index in [0.717, 1.165) is 18.6 Å². The van der Waals surface area contributed by atoms with Gasteiger partial charge in [-0.15, -0.1) is 0 Å². The largest absolute Gasteiger partial charge is 0.417 e.